The quantitative estimate of drug-likeness (QED) is 0.493. The van der Waals surface area contributed by atoms with Crippen molar-refractivity contribution in [3.63, 3.8) is 0 Å². The highest BCUT2D eigenvalue weighted by Crippen LogP contribution is 2.29. The van der Waals surface area contributed by atoms with E-state index in [-0.39, 0.29) is 30.9 Å². The van der Waals surface area contributed by atoms with Crippen LogP contribution < -0.4 is 16.3 Å². The van der Waals surface area contributed by atoms with E-state index >= 15 is 0 Å². The molecule has 0 unspecified atom stereocenters. The van der Waals surface area contributed by atoms with Gasteiger partial charge in [-0.15, -0.1) is 11.3 Å². The Bertz CT molecular complexity index is 1160. The summed E-state index contributed by atoms with van der Waals surface area (Å²) in [6.07, 6.45) is 0.352. The normalized spacial score (nSPS) is 11.4. The number of hydrogen-bond acceptors (Lipinski definition) is 5. The number of amides is 2. The van der Waals surface area contributed by atoms with Gasteiger partial charge in [-0.05, 0) is 35.4 Å². The van der Waals surface area contributed by atoms with Crippen molar-refractivity contribution in [3.8, 4) is 10.4 Å². The van der Waals surface area contributed by atoms with Gasteiger partial charge in [0.2, 0.25) is 5.91 Å². The molecule has 0 aliphatic rings. The van der Waals surface area contributed by atoms with Gasteiger partial charge < -0.3 is 15.7 Å². The maximum Gasteiger partial charge on any atom is 0.404 e. The van der Waals surface area contributed by atoms with Crippen LogP contribution in [0.1, 0.15) is 11.8 Å². The Hall–Kier alpha value is -3.73. The van der Waals surface area contributed by atoms with E-state index in [0.29, 0.717) is 12.2 Å². The Morgan fingerprint density at radius 1 is 1.23 bits per heavy atom. The Morgan fingerprint density at radius 2 is 1.97 bits per heavy atom. The lowest BCUT2D eigenvalue weighted by atomic mass is 10.2. The van der Waals surface area contributed by atoms with Crippen molar-refractivity contribution in [3.05, 3.63) is 70.0 Å². The maximum atomic E-state index is 13.0. The summed E-state index contributed by atoms with van der Waals surface area (Å²) in [6.45, 7) is 1.36. The predicted octanol–water partition coefficient (Wildman–Crippen LogP) is 2.90. The topological polar surface area (TPSA) is 118 Å². The van der Waals surface area contributed by atoms with Crippen LogP contribution in [0, 0.1) is 0 Å². The molecule has 0 bridgehead atoms. The summed E-state index contributed by atoms with van der Waals surface area (Å²) >= 11 is 1.52. The fraction of sp³-hybridized carbons (Fsp3) is 0.200. The first-order chi connectivity index (χ1) is 14.9. The van der Waals surface area contributed by atoms with Crippen molar-refractivity contribution in [1.29, 1.82) is 0 Å². The summed E-state index contributed by atoms with van der Waals surface area (Å²) in [7, 11) is 0. The number of anilines is 1. The average molecular weight is 445 g/mol. The third kappa shape index (κ3) is 5.89. The molecule has 2 amide bonds. The van der Waals surface area contributed by atoms with E-state index in [1.54, 1.807) is 0 Å². The lowest BCUT2D eigenvalue weighted by Gasteiger charge is -2.05. The van der Waals surface area contributed by atoms with E-state index in [9.17, 15) is 18.8 Å². The summed E-state index contributed by atoms with van der Waals surface area (Å²) in [5.41, 5.74) is 1.35. The molecule has 0 saturated heterocycles. The fourth-order valence-corrected chi connectivity index (χ4v) is 3.82. The lowest BCUT2D eigenvalue weighted by molar-refractivity contribution is -0.114. The number of rotatable bonds is 8. The molecule has 162 valence electrons. The van der Waals surface area contributed by atoms with Gasteiger partial charge in [-0.25, -0.2) is 18.7 Å². The zero-order valence-corrected chi connectivity index (χ0v) is 17.4. The summed E-state index contributed by atoms with van der Waals surface area (Å²) in [4.78, 5) is 36.1. The number of halogens is 1. The smallest absolute Gasteiger partial charge is 0.404 e. The summed E-state index contributed by atoms with van der Waals surface area (Å²) in [5, 5.41) is 17.4. The molecule has 31 heavy (non-hydrogen) atoms. The molecule has 0 saturated carbocycles. The molecule has 0 radical (unpaired) electrons. The van der Waals surface area contributed by atoms with Gasteiger partial charge in [0, 0.05) is 28.9 Å². The highest BCUT2D eigenvalue weighted by molar-refractivity contribution is 7.15. The number of benzene rings is 1. The van der Waals surface area contributed by atoms with E-state index in [0.717, 1.165) is 20.0 Å². The first-order valence-corrected chi connectivity index (χ1v) is 10.0. The minimum atomic E-state index is -1.28. The molecule has 0 atom stereocenters. The molecule has 9 nitrogen and oxygen atoms in total. The molecule has 11 heteroatoms. The lowest BCUT2D eigenvalue weighted by Crippen LogP contribution is -2.29. The van der Waals surface area contributed by atoms with Crippen molar-refractivity contribution in [1.82, 2.24) is 19.7 Å². The summed E-state index contributed by atoms with van der Waals surface area (Å²) in [5.74, 6) is -0.135. The van der Waals surface area contributed by atoms with E-state index in [1.165, 1.54) is 29.2 Å². The molecular weight excluding hydrogens is 425 g/mol. The van der Waals surface area contributed by atoms with Crippen LogP contribution in [-0.4, -0.2) is 38.0 Å². The number of carbonyl (C=O) groups is 2. The number of aromatic nitrogens is 3. The highest BCUT2D eigenvalue weighted by Gasteiger charge is 2.11. The van der Waals surface area contributed by atoms with E-state index in [1.807, 2.05) is 36.4 Å². The molecule has 0 spiro atoms. The molecule has 3 aromatic rings. The van der Waals surface area contributed by atoms with Crippen molar-refractivity contribution in [2.24, 2.45) is 0 Å². The Morgan fingerprint density at radius 3 is 2.61 bits per heavy atom. The Labute approximate surface area is 180 Å². The number of hydrogen-bond donors (Lipinski definition) is 3. The zero-order chi connectivity index (χ0) is 22.4. The van der Waals surface area contributed by atoms with Crippen LogP contribution >= 0.6 is 11.3 Å². The van der Waals surface area contributed by atoms with Crippen LogP contribution in [0.5, 0.6) is 0 Å². The van der Waals surface area contributed by atoms with Crippen molar-refractivity contribution in [2.45, 2.75) is 20.0 Å². The minimum absolute atomic E-state index is 0.0795. The van der Waals surface area contributed by atoms with Gasteiger partial charge in [-0.1, -0.05) is 12.1 Å². The van der Waals surface area contributed by atoms with Crippen LogP contribution in [0.3, 0.4) is 0 Å². The SMILES string of the molecule is CC(=O)Nc1ccc(-c2ccc(Cn3cnn(C/C(=C\F)CNC(=O)O)c3=O)s2)cc1. The van der Waals surface area contributed by atoms with Gasteiger partial charge in [0.15, 0.2) is 0 Å². The molecule has 3 rings (SSSR count). The summed E-state index contributed by atoms with van der Waals surface area (Å²) in [6, 6.07) is 11.3. The third-order valence-corrected chi connectivity index (χ3v) is 5.37. The van der Waals surface area contributed by atoms with Gasteiger partial charge in [0.25, 0.3) is 0 Å². The Kier molecular flexibility index (Phi) is 6.98. The molecular formula is C20H20FN5O4S. The Balaban J connectivity index is 1.68. The van der Waals surface area contributed by atoms with Crippen LogP contribution in [0.15, 0.2) is 59.4 Å². The van der Waals surface area contributed by atoms with Crippen LogP contribution in [-0.2, 0) is 17.9 Å². The number of carboxylic acid groups (broad SMARTS) is 1. The molecule has 0 fully saturated rings. The maximum absolute atomic E-state index is 13.0. The number of carbonyl (C=O) groups excluding carboxylic acids is 1. The number of nitrogens with zero attached hydrogens (tertiary/aromatic N) is 3. The first kappa shape index (κ1) is 22.0. The molecule has 1 aromatic carbocycles. The summed E-state index contributed by atoms with van der Waals surface area (Å²) < 4.78 is 15.4. The highest BCUT2D eigenvalue weighted by atomic mass is 32.1. The number of thiophene rings is 1. The van der Waals surface area contributed by atoms with Gasteiger partial charge in [-0.3, -0.25) is 9.36 Å². The standard InChI is InChI=1S/C20H20FN5O4S/c1-13(27)24-16-4-2-15(3-5-16)18-7-6-17(31-18)11-25-12-23-26(20(25)30)10-14(8-21)9-22-19(28)29/h2-8,12,22H,9-11H2,1H3,(H,24,27)(H,28,29)/b14-8-. The third-order valence-electron chi connectivity index (χ3n) is 4.25. The molecule has 2 heterocycles. The predicted molar refractivity (Wildman–Crippen MR) is 115 cm³/mol. The van der Waals surface area contributed by atoms with Crippen LogP contribution in [0.2, 0.25) is 0 Å². The molecule has 3 N–H and O–H groups in total. The molecule has 2 aromatic heterocycles. The van der Waals surface area contributed by atoms with Gasteiger partial charge >= 0.3 is 11.8 Å². The van der Waals surface area contributed by atoms with Crippen LogP contribution in [0.4, 0.5) is 14.9 Å². The monoisotopic (exact) mass is 445 g/mol. The van der Waals surface area contributed by atoms with Crippen molar-refractivity contribution >= 4 is 29.0 Å². The van der Waals surface area contributed by atoms with Gasteiger partial charge in [-0.2, -0.15) is 5.10 Å². The average Bonchev–Trinajstić information content (AvgIpc) is 3.33. The first-order valence-electron chi connectivity index (χ1n) is 9.19. The number of nitrogens with one attached hydrogen (secondary N) is 2. The van der Waals surface area contributed by atoms with Crippen molar-refractivity contribution in [2.75, 3.05) is 11.9 Å². The van der Waals surface area contributed by atoms with E-state index in [4.69, 9.17) is 5.11 Å². The van der Waals surface area contributed by atoms with Gasteiger partial charge in [0.1, 0.15) is 6.33 Å². The molecule has 0 aliphatic heterocycles. The van der Waals surface area contributed by atoms with Crippen LogP contribution in [0.25, 0.3) is 10.4 Å². The molecule has 0 aliphatic carbocycles. The van der Waals surface area contributed by atoms with E-state index in [2.05, 4.69) is 15.7 Å². The van der Waals surface area contributed by atoms with Gasteiger partial charge in [0.05, 0.1) is 19.4 Å². The zero-order valence-electron chi connectivity index (χ0n) is 16.5. The second-order valence-electron chi connectivity index (χ2n) is 6.65. The second kappa shape index (κ2) is 9.85. The van der Waals surface area contributed by atoms with E-state index < -0.39 is 11.8 Å². The largest absolute Gasteiger partial charge is 0.465 e. The second-order valence-corrected chi connectivity index (χ2v) is 7.82. The fourth-order valence-electron chi connectivity index (χ4n) is 2.81. The van der Waals surface area contributed by atoms with Crippen molar-refractivity contribution < 1.29 is 19.1 Å². The minimum Gasteiger partial charge on any atom is -0.465 e.